The van der Waals surface area contributed by atoms with Crippen LogP contribution in [0.5, 0.6) is 0 Å². The molecule has 0 fully saturated rings. The van der Waals surface area contributed by atoms with Gasteiger partial charge in [-0.3, -0.25) is 4.79 Å². The Balaban J connectivity index is 1.72. The Morgan fingerprint density at radius 3 is 2.79 bits per heavy atom. The van der Waals surface area contributed by atoms with Gasteiger partial charge in [-0.1, -0.05) is 30.3 Å². The van der Waals surface area contributed by atoms with Crippen LogP contribution in [-0.4, -0.2) is 27.8 Å². The molecular formula is C15H19N3O. The van der Waals surface area contributed by atoms with Gasteiger partial charge in [0, 0.05) is 25.9 Å². The topological polar surface area (TPSA) is 49.0 Å². The summed E-state index contributed by atoms with van der Waals surface area (Å²) in [5.74, 6) is 0.978. The number of amides is 1. The minimum Gasteiger partial charge on any atom is -0.347 e. The molecule has 0 unspecified atom stereocenters. The third-order valence-corrected chi connectivity index (χ3v) is 3.07. The van der Waals surface area contributed by atoms with Gasteiger partial charge in [-0.25, -0.2) is 4.98 Å². The molecule has 2 aromatic rings. The van der Waals surface area contributed by atoms with Crippen LogP contribution in [0.3, 0.4) is 0 Å². The fourth-order valence-electron chi connectivity index (χ4n) is 1.98. The minimum atomic E-state index is 0.160. The van der Waals surface area contributed by atoms with Gasteiger partial charge >= 0.3 is 0 Å². The highest BCUT2D eigenvalue weighted by molar-refractivity contribution is 5.75. The summed E-state index contributed by atoms with van der Waals surface area (Å²) in [7, 11) is 1.81. The summed E-state index contributed by atoms with van der Waals surface area (Å²) in [5, 5.41) is 0. The first-order valence-corrected chi connectivity index (χ1v) is 6.52. The second kappa shape index (κ2) is 6.73. The second-order valence-corrected chi connectivity index (χ2v) is 4.62. The number of rotatable bonds is 6. The molecule has 1 heterocycles. The molecule has 0 aliphatic carbocycles. The van der Waals surface area contributed by atoms with E-state index in [0.717, 1.165) is 18.7 Å². The molecular weight excluding hydrogens is 238 g/mol. The van der Waals surface area contributed by atoms with E-state index >= 15 is 0 Å². The molecule has 0 aliphatic rings. The largest absolute Gasteiger partial charge is 0.347 e. The zero-order chi connectivity index (χ0) is 13.5. The standard InChI is InChI=1S/C15H19N3O/c1-18(12-14-16-10-11-17-14)15(19)9-5-8-13-6-3-2-4-7-13/h2-4,6-7,10-11H,5,8-9,12H2,1H3,(H,16,17). The first-order valence-electron chi connectivity index (χ1n) is 6.52. The SMILES string of the molecule is CN(Cc1ncc[nH]1)C(=O)CCCc1ccccc1. The first kappa shape index (κ1) is 13.3. The average molecular weight is 257 g/mol. The molecule has 0 bridgehead atoms. The molecule has 1 amide bonds. The number of aromatic nitrogens is 2. The average Bonchev–Trinajstić information content (AvgIpc) is 2.92. The van der Waals surface area contributed by atoms with Gasteiger partial charge in [0.2, 0.25) is 5.91 Å². The van der Waals surface area contributed by atoms with Crippen molar-refractivity contribution in [3.63, 3.8) is 0 Å². The van der Waals surface area contributed by atoms with E-state index in [-0.39, 0.29) is 5.91 Å². The van der Waals surface area contributed by atoms with Crippen LogP contribution in [0, 0.1) is 0 Å². The lowest BCUT2D eigenvalue weighted by atomic mass is 10.1. The Bertz CT molecular complexity index is 493. The number of carbonyl (C=O) groups is 1. The van der Waals surface area contributed by atoms with Crippen molar-refractivity contribution in [1.29, 1.82) is 0 Å². The molecule has 100 valence electrons. The summed E-state index contributed by atoms with van der Waals surface area (Å²) in [5.41, 5.74) is 1.28. The van der Waals surface area contributed by atoms with Crippen LogP contribution in [0.4, 0.5) is 0 Å². The Hall–Kier alpha value is -2.10. The van der Waals surface area contributed by atoms with Gasteiger partial charge in [0.25, 0.3) is 0 Å². The number of hydrogen-bond acceptors (Lipinski definition) is 2. The van der Waals surface area contributed by atoms with Crippen molar-refractivity contribution in [2.45, 2.75) is 25.8 Å². The zero-order valence-corrected chi connectivity index (χ0v) is 11.2. The van der Waals surface area contributed by atoms with Crippen LogP contribution in [-0.2, 0) is 17.8 Å². The molecule has 0 aliphatic heterocycles. The highest BCUT2D eigenvalue weighted by Gasteiger charge is 2.09. The first-order chi connectivity index (χ1) is 9.25. The predicted molar refractivity (Wildman–Crippen MR) is 74.4 cm³/mol. The van der Waals surface area contributed by atoms with E-state index in [0.29, 0.717) is 13.0 Å². The van der Waals surface area contributed by atoms with Gasteiger partial charge in [-0.15, -0.1) is 0 Å². The van der Waals surface area contributed by atoms with E-state index in [4.69, 9.17) is 0 Å². The third kappa shape index (κ3) is 4.25. The summed E-state index contributed by atoms with van der Waals surface area (Å²) >= 11 is 0. The molecule has 0 radical (unpaired) electrons. The Kier molecular flexibility index (Phi) is 4.72. The van der Waals surface area contributed by atoms with Crippen molar-refractivity contribution in [3.8, 4) is 0 Å². The number of aromatic amines is 1. The minimum absolute atomic E-state index is 0.160. The van der Waals surface area contributed by atoms with E-state index in [1.165, 1.54) is 5.56 Å². The molecule has 0 saturated carbocycles. The number of hydrogen-bond donors (Lipinski definition) is 1. The molecule has 4 heteroatoms. The Morgan fingerprint density at radius 2 is 2.11 bits per heavy atom. The fraction of sp³-hybridized carbons (Fsp3) is 0.333. The number of aryl methyl sites for hydroxylation is 1. The van der Waals surface area contributed by atoms with Crippen LogP contribution in [0.25, 0.3) is 0 Å². The second-order valence-electron chi connectivity index (χ2n) is 4.62. The monoisotopic (exact) mass is 257 g/mol. The molecule has 0 atom stereocenters. The maximum atomic E-state index is 11.9. The van der Waals surface area contributed by atoms with Crippen LogP contribution < -0.4 is 0 Å². The number of nitrogens with one attached hydrogen (secondary N) is 1. The lowest BCUT2D eigenvalue weighted by molar-refractivity contribution is -0.130. The molecule has 1 N–H and O–H groups in total. The van der Waals surface area contributed by atoms with Crippen molar-refractivity contribution in [1.82, 2.24) is 14.9 Å². The van der Waals surface area contributed by atoms with Crippen molar-refractivity contribution in [2.75, 3.05) is 7.05 Å². The number of nitrogens with zero attached hydrogens (tertiary/aromatic N) is 2. The molecule has 1 aromatic heterocycles. The summed E-state index contributed by atoms with van der Waals surface area (Å²) in [6, 6.07) is 10.3. The molecule has 19 heavy (non-hydrogen) atoms. The number of carbonyl (C=O) groups excluding carboxylic acids is 1. The van der Waals surface area contributed by atoms with Gasteiger partial charge < -0.3 is 9.88 Å². The van der Waals surface area contributed by atoms with Gasteiger partial charge in [-0.2, -0.15) is 0 Å². The lowest BCUT2D eigenvalue weighted by Crippen LogP contribution is -2.26. The number of imidazole rings is 1. The van der Waals surface area contributed by atoms with Crippen LogP contribution in [0.2, 0.25) is 0 Å². The predicted octanol–water partition coefficient (Wildman–Crippen LogP) is 2.39. The maximum absolute atomic E-state index is 11.9. The highest BCUT2D eigenvalue weighted by atomic mass is 16.2. The van der Waals surface area contributed by atoms with Crippen molar-refractivity contribution in [3.05, 3.63) is 54.1 Å². The van der Waals surface area contributed by atoms with E-state index in [9.17, 15) is 4.79 Å². The quantitative estimate of drug-likeness (QED) is 0.863. The van der Waals surface area contributed by atoms with Gasteiger partial charge in [0.1, 0.15) is 5.82 Å². The number of H-pyrrole nitrogens is 1. The van der Waals surface area contributed by atoms with Crippen LogP contribution >= 0.6 is 0 Å². The highest BCUT2D eigenvalue weighted by Crippen LogP contribution is 2.06. The van der Waals surface area contributed by atoms with E-state index in [2.05, 4.69) is 22.1 Å². The van der Waals surface area contributed by atoms with Crippen LogP contribution in [0.15, 0.2) is 42.7 Å². The fourth-order valence-corrected chi connectivity index (χ4v) is 1.98. The molecule has 0 spiro atoms. The van der Waals surface area contributed by atoms with Crippen molar-refractivity contribution >= 4 is 5.91 Å². The smallest absolute Gasteiger partial charge is 0.222 e. The van der Waals surface area contributed by atoms with Gasteiger partial charge in [0.05, 0.1) is 6.54 Å². The third-order valence-electron chi connectivity index (χ3n) is 3.07. The zero-order valence-electron chi connectivity index (χ0n) is 11.2. The molecule has 0 saturated heterocycles. The Labute approximate surface area is 113 Å². The van der Waals surface area contributed by atoms with E-state index < -0.39 is 0 Å². The number of benzene rings is 1. The van der Waals surface area contributed by atoms with E-state index in [1.807, 2.05) is 25.2 Å². The summed E-state index contributed by atoms with van der Waals surface area (Å²) in [6.45, 7) is 0.539. The van der Waals surface area contributed by atoms with E-state index in [1.54, 1.807) is 17.3 Å². The molecule has 1 aromatic carbocycles. The van der Waals surface area contributed by atoms with Crippen LogP contribution in [0.1, 0.15) is 24.2 Å². The summed E-state index contributed by atoms with van der Waals surface area (Å²) in [4.78, 5) is 20.8. The van der Waals surface area contributed by atoms with Crippen molar-refractivity contribution < 1.29 is 4.79 Å². The Morgan fingerprint density at radius 1 is 1.32 bits per heavy atom. The lowest BCUT2D eigenvalue weighted by Gasteiger charge is -2.15. The summed E-state index contributed by atoms with van der Waals surface area (Å²) < 4.78 is 0. The maximum Gasteiger partial charge on any atom is 0.222 e. The van der Waals surface area contributed by atoms with Gasteiger partial charge in [0.15, 0.2) is 0 Å². The summed E-state index contributed by atoms with van der Waals surface area (Å²) in [6.07, 6.45) is 5.87. The molecule has 2 rings (SSSR count). The molecule has 4 nitrogen and oxygen atoms in total. The normalized spacial score (nSPS) is 10.4. The van der Waals surface area contributed by atoms with Crippen molar-refractivity contribution in [2.24, 2.45) is 0 Å². The van der Waals surface area contributed by atoms with Gasteiger partial charge in [-0.05, 0) is 18.4 Å².